The normalized spacial score (nSPS) is 18.5. The van der Waals surface area contributed by atoms with Crippen LogP contribution in [0.4, 0.5) is 0 Å². The van der Waals surface area contributed by atoms with Crippen molar-refractivity contribution in [1.29, 1.82) is 0 Å². The lowest BCUT2D eigenvalue weighted by atomic mass is 9.95. The smallest absolute Gasteiger partial charge is 0.266 e. The van der Waals surface area contributed by atoms with E-state index in [-0.39, 0.29) is 10.7 Å². The predicted octanol–water partition coefficient (Wildman–Crippen LogP) is 8.11. The van der Waals surface area contributed by atoms with Gasteiger partial charge in [0.05, 0.1) is 0 Å². The fraction of sp³-hybridized carbons (Fsp3) is 0.195. The molecule has 0 bridgehead atoms. The van der Waals surface area contributed by atoms with Gasteiger partial charge in [-0.1, -0.05) is 71.8 Å². The maximum Gasteiger partial charge on any atom is 0.266 e. The van der Waals surface area contributed by atoms with Crippen LogP contribution in [0, 0.1) is 0 Å². The number of aryl methyl sites for hydroxylation is 2. The van der Waals surface area contributed by atoms with Gasteiger partial charge in [-0.25, -0.2) is 0 Å². The molecule has 6 aromatic rings. The maximum atomic E-state index is 13.9. The Morgan fingerprint density at radius 2 is 1.04 bits per heavy atom. The average Bonchev–Trinajstić information content (AvgIpc) is 3.78. The molecule has 0 spiro atoms. The van der Waals surface area contributed by atoms with E-state index in [2.05, 4.69) is 83.7 Å². The van der Waals surface area contributed by atoms with Crippen molar-refractivity contribution in [2.45, 2.75) is 39.8 Å². The maximum absolute atomic E-state index is 13.9. The van der Waals surface area contributed by atoms with Crippen molar-refractivity contribution < 1.29 is 9.59 Å². The van der Waals surface area contributed by atoms with Gasteiger partial charge in [0.2, 0.25) is 0 Å². The molecule has 1 aliphatic carbocycles. The first kappa shape index (κ1) is 32.5. The Morgan fingerprint density at radius 1 is 0.620 bits per heavy atom. The van der Waals surface area contributed by atoms with Gasteiger partial charge in [0, 0.05) is 91.3 Å². The number of amides is 2. The number of rotatable bonds is 4. The highest BCUT2D eigenvalue weighted by Crippen LogP contribution is 2.40. The molecule has 9 heteroatoms. The number of likely N-dealkylation sites (N-methyl/N-ethyl adjacent to an activating group) is 2. The summed E-state index contributed by atoms with van der Waals surface area (Å²) in [5, 5.41) is 10.3. The molecule has 8 rings (SSSR count). The number of carbonyl (C=O) groups is 2. The first-order chi connectivity index (χ1) is 24.2. The molecule has 0 atom stereocenters. The Morgan fingerprint density at radius 3 is 1.46 bits per heavy atom. The van der Waals surface area contributed by atoms with E-state index in [0.29, 0.717) is 18.4 Å². The quantitative estimate of drug-likeness (QED) is 0.105. The van der Waals surface area contributed by atoms with Crippen molar-refractivity contribution in [2.75, 3.05) is 14.1 Å². The van der Waals surface area contributed by atoms with Crippen molar-refractivity contribution in [3.63, 3.8) is 0 Å². The second-order valence-electron chi connectivity index (χ2n) is 12.8. The van der Waals surface area contributed by atoms with Gasteiger partial charge in [0.15, 0.2) is 5.11 Å². The lowest BCUT2D eigenvalue weighted by Gasteiger charge is -2.33. The van der Waals surface area contributed by atoms with E-state index in [4.69, 9.17) is 35.4 Å². The number of thiocarbonyl (C=S) groups is 1. The van der Waals surface area contributed by atoms with Crippen LogP contribution in [0.2, 0.25) is 10.0 Å². The summed E-state index contributed by atoms with van der Waals surface area (Å²) in [5.41, 5.74) is 4.92. The zero-order valence-corrected chi connectivity index (χ0v) is 30.5. The Bertz CT molecular complexity index is 2510. The fourth-order valence-corrected chi connectivity index (χ4v) is 8.56. The van der Waals surface area contributed by atoms with Crippen LogP contribution in [-0.2, 0) is 22.7 Å². The van der Waals surface area contributed by atoms with Crippen LogP contribution < -0.4 is 10.7 Å². The number of allylic oxidation sites excluding steroid dienone is 5. The first-order valence-corrected chi connectivity index (χ1v) is 18.0. The van der Waals surface area contributed by atoms with Gasteiger partial charge in [-0.2, -0.15) is 0 Å². The van der Waals surface area contributed by atoms with Crippen molar-refractivity contribution >= 4 is 108 Å². The predicted molar refractivity (Wildman–Crippen MR) is 210 cm³/mol. The minimum Gasteiger partial charge on any atom is -0.341 e. The summed E-state index contributed by atoms with van der Waals surface area (Å²) < 4.78 is 4.57. The first-order valence-electron chi connectivity index (χ1n) is 16.8. The Labute approximate surface area is 304 Å². The second-order valence-corrected chi connectivity index (χ2v) is 14.0. The summed E-state index contributed by atoms with van der Waals surface area (Å²) in [6.07, 6.45) is 9.76. The van der Waals surface area contributed by atoms with Crippen LogP contribution in [0.5, 0.6) is 0 Å². The third-order valence-corrected chi connectivity index (χ3v) is 11.5. The monoisotopic (exact) mass is 716 g/mol. The highest BCUT2D eigenvalue weighted by atomic mass is 35.5. The van der Waals surface area contributed by atoms with Crippen LogP contribution >= 0.6 is 35.4 Å². The molecule has 50 heavy (non-hydrogen) atoms. The molecule has 2 fully saturated rings. The summed E-state index contributed by atoms with van der Waals surface area (Å²) >= 11 is 18.7. The van der Waals surface area contributed by atoms with E-state index in [1.165, 1.54) is 9.80 Å². The van der Waals surface area contributed by atoms with E-state index < -0.39 is 11.8 Å². The molecule has 3 heterocycles. The van der Waals surface area contributed by atoms with E-state index in [1.54, 1.807) is 14.1 Å². The number of nitrogens with zero attached hydrogens (tertiary/aromatic N) is 4. The van der Waals surface area contributed by atoms with Crippen LogP contribution in [0.1, 0.15) is 26.7 Å². The number of aromatic nitrogens is 2. The van der Waals surface area contributed by atoms with Gasteiger partial charge in [-0.3, -0.25) is 19.4 Å². The molecule has 4 aromatic carbocycles. The Balaban J connectivity index is 1.37. The lowest BCUT2D eigenvalue weighted by Crippen LogP contribution is -2.53. The summed E-state index contributed by atoms with van der Waals surface area (Å²) in [6.45, 7) is 5.80. The third kappa shape index (κ3) is 4.71. The van der Waals surface area contributed by atoms with Crippen molar-refractivity contribution in [3.05, 3.63) is 116 Å². The molecule has 0 N–H and O–H groups in total. The Hall–Kier alpha value is -4.69. The van der Waals surface area contributed by atoms with Gasteiger partial charge in [-0.05, 0) is 92.0 Å². The van der Waals surface area contributed by atoms with Crippen LogP contribution in [0.15, 0.2) is 95.1 Å². The molecule has 1 aliphatic heterocycles. The molecule has 2 amide bonds. The largest absolute Gasteiger partial charge is 0.341 e. The zero-order valence-electron chi connectivity index (χ0n) is 28.2. The van der Waals surface area contributed by atoms with Gasteiger partial charge in [0.25, 0.3) is 11.8 Å². The minimum absolute atomic E-state index is 0.141. The number of hydrogen-bond acceptors (Lipinski definition) is 3. The topological polar surface area (TPSA) is 50.5 Å². The summed E-state index contributed by atoms with van der Waals surface area (Å²) in [4.78, 5) is 30.6. The molecule has 1 saturated carbocycles. The second kappa shape index (κ2) is 12.3. The standard InChI is InChI=1S/C41H34Cl2N4O2S/c1-5-46-31(27-11-7-9-25-29(42)17-21-33(46)36(25)27)19-15-23-13-14-24(35(23)38-39(48)44(3)41(50)45(4)40(38)49)16-20-32-28-12-8-10-26-30(43)18-22-34(37(26)28)47(32)6-2/h7-12,15-22H,5-6,13-14H2,1-4H3/b23-15+,24-16+,31-19+,32-20+. The van der Waals surface area contributed by atoms with Gasteiger partial charge in [0.1, 0.15) is 5.57 Å². The summed E-state index contributed by atoms with van der Waals surface area (Å²) in [7, 11) is 3.25. The number of hydrogen-bond donors (Lipinski definition) is 0. The van der Waals surface area contributed by atoms with E-state index in [0.717, 1.165) is 88.3 Å². The van der Waals surface area contributed by atoms with Crippen molar-refractivity contribution in [3.8, 4) is 0 Å². The third-order valence-electron chi connectivity index (χ3n) is 10.3. The SMILES string of the molecule is CCn1/c(=C/C=C2\CC/C(=C\C=c3/c4cccc5c(Cl)ccc(c54)n3CC)C2=C2C(=O)N(C)C(=S)N(C)C2=O)c2cccc3c(Cl)ccc1c32. The number of halogens is 2. The van der Waals surface area contributed by atoms with Crippen LogP contribution in [-0.4, -0.2) is 50.0 Å². The Kier molecular flexibility index (Phi) is 7.98. The summed E-state index contributed by atoms with van der Waals surface area (Å²) in [5.74, 6) is -0.782. The molecule has 6 nitrogen and oxygen atoms in total. The molecular formula is C41H34Cl2N4O2S. The highest BCUT2D eigenvalue weighted by molar-refractivity contribution is 7.80. The minimum atomic E-state index is -0.391. The lowest BCUT2D eigenvalue weighted by molar-refractivity contribution is -0.132. The zero-order chi connectivity index (χ0) is 35.0. The van der Waals surface area contributed by atoms with Crippen LogP contribution in [0.3, 0.4) is 0 Å². The molecule has 0 unspecified atom stereocenters. The van der Waals surface area contributed by atoms with Crippen molar-refractivity contribution in [2.24, 2.45) is 0 Å². The summed E-state index contributed by atoms with van der Waals surface area (Å²) in [6, 6.07) is 20.5. The molecule has 2 aliphatic rings. The highest BCUT2D eigenvalue weighted by Gasteiger charge is 2.40. The van der Waals surface area contributed by atoms with E-state index in [1.807, 2.05) is 24.3 Å². The van der Waals surface area contributed by atoms with E-state index >= 15 is 0 Å². The molecule has 2 aromatic heterocycles. The van der Waals surface area contributed by atoms with E-state index in [9.17, 15) is 9.59 Å². The fourth-order valence-electron chi connectivity index (χ4n) is 7.95. The van der Waals surface area contributed by atoms with Crippen molar-refractivity contribution in [1.82, 2.24) is 18.9 Å². The molecular weight excluding hydrogens is 683 g/mol. The van der Waals surface area contributed by atoms with Gasteiger partial charge < -0.3 is 9.13 Å². The molecule has 1 saturated heterocycles. The van der Waals surface area contributed by atoms with Crippen LogP contribution in [0.25, 0.3) is 55.5 Å². The molecule has 0 radical (unpaired) electrons. The van der Waals surface area contributed by atoms with Gasteiger partial charge in [-0.15, -0.1) is 0 Å². The molecule has 250 valence electrons. The number of carbonyl (C=O) groups excluding carboxylic acids is 2. The van der Waals surface area contributed by atoms with Gasteiger partial charge >= 0.3 is 0 Å². The average molecular weight is 718 g/mol. The number of benzene rings is 4.